The second-order valence-corrected chi connectivity index (χ2v) is 10.3. The van der Waals surface area contributed by atoms with Crippen molar-refractivity contribution in [1.29, 1.82) is 0 Å². The minimum absolute atomic E-state index is 0.0666. The molecule has 0 saturated carbocycles. The number of carbonyl (C=O) groups excluding carboxylic acids is 1. The molecule has 2 aliphatic heterocycles. The molecule has 1 aromatic rings. The summed E-state index contributed by atoms with van der Waals surface area (Å²) in [6.45, 7) is 5.55. The number of nitrogens with zero attached hydrogens (tertiary/aromatic N) is 2. The molecule has 0 spiro atoms. The van der Waals surface area contributed by atoms with Crippen molar-refractivity contribution >= 4 is 15.9 Å². The van der Waals surface area contributed by atoms with Crippen molar-refractivity contribution in [3.63, 3.8) is 0 Å². The van der Waals surface area contributed by atoms with Crippen molar-refractivity contribution in [2.45, 2.75) is 62.8 Å². The van der Waals surface area contributed by atoms with Gasteiger partial charge in [0.15, 0.2) is 0 Å². The second-order valence-electron chi connectivity index (χ2n) is 8.39. The van der Waals surface area contributed by atoms with E-state index in [-0.39, 0.29) is 23.3 Å². The first-order valence-electron chi connectivity index (χ1n) is 11.2. The Balaban J connectivity index is 1.47. The zero-order chi connectivity index (χ0) is 21.6. The van der Waals surface area contributed by atoms with Gasteiger partial charge in [-0.2, -0.15) is 4.31 Å². The van der Waals surface area contributed by atoms with Crippen LogP contribution in [-0.4, -0.2) is 62.3 Å². The SMILES string of the molecule is CC[C@@H]1CCCCN1CCCNC(=O)[C@@H]1CCCN(S(=O)(=O)c2ccc(F)cc2)C1. The molecule has 0 aromatic heterocycles. The van der Waals surface area contributed by atoms with E-state index in [9.17, 15) is 17.6 Å². The number of carbonyl (C=O) groups is 1. The molecule has 1 N–H and O–H groups in total. The summed E-state index contributed by atoms with van der Waals surface area (Å²) in [6, 6.07) is 5.51. The topological polar surface area (TPSA) is 69.7 Å². The molecule has 1 amide bonds. The van der Waals surface area contributed by atoms with Crippen LogP contribution in [0.2, 0.25) is 0 Å². The highest BCUT2D eigenvalue weighted by atomic mass is 32.2. The summed E-state index contributed by atoms with van der Waals surface area (Å²) < 4.78 is 40.1. The normalized spacial score (nSPS) is 23.9. The van der Waals surface area contributed by atoms with Crippen LogP contribution in [0.1, 0.15) is 51.9 Å². The molecule has 8 heteroatoms. The highest BCUT2D eigenvalue weighted by Crippen LogP contribution is 2.24. The van der Waals surface area contributed by atoms with Gasteiger partial charge in [-0.25, -0.2) is 12.8 Å². The highest BCUT2D eigenvalue weighted by molar-refractivity contribution is 7.89. The zero-order valence-electron chi connectivity index (χ0n) is 17.9. The molecule has 168 valence electrons. The van der Waals surface area contributed by atoms with Gasteiger partial charge in [-0.3, -0.25) is 4.79 Å². The first-order chi connectivity index (χ1) is 14.4. The van der Waals surface area contributed by atoms with Crippen molar-refractivity contribution in [3.8, 4) is 0 Å². The lowest BCUT2D eigenvalue weighted by Gasteiger charge is -2.35. The molecule has 1 aromatic carbocycles. The Morgan fingerprint density at radius 1 is 1.13 bits per heavy atom. The van der Waals surface area contributed by atoms with Gasteiger partial charge in [0.05, 0.1) is 10.8 Å². The van der Waals surface area contributed by atoms with Gasteiger partial charge in [0.25, 0.3) is 0 Å². The van der Waals surface area contributed by atoms with Gasteiger partial charge in [0.2, 0.25) is 15.9 Å². The van der Waals surface area contributed by atoms with E-state index >= 15 is 0 Å². The number of piperidine rings is 2. The maximum Gasteiger partial charge on any atom is 0.243 e. The largest absolute Gasteiger partial charge is 0.356 e. The van der Waals surface area contributed by atoms with Gasteiger partial charge in [0, 0.05) is 32.2 Å². The molecule has 0 aliphatic carbocycles. The zero-order valence-corrected chi connectivity index (χ0v) is 18.7. The minimum Gasteiger partial charge on any atom is -0.356 e. The highest BCUT2D eigenvalue weighted by Gasteiger charge is 2.33. The Kier molecular flexibility index (Phi) is 8.25. The van der Waals surface area contributed by atoms with Crippen LogP contribution in [0.4, 0.5) is 4.39 Å². The molecule has 0 bridgehead atoms. The number of hydrogen-bond donors (Lipinski definition) is 1. The van der Waals surface area contributed by atoms with Crippen molar-refractivity contribution in [1.82, 2.24) is 14.5 Å². The Hall–Kier alpha value is -1.51. The first kappa shape index (κ1) is 23.2. The average molecular weight is 440 g/mol. The van der Waals surface area contributed by atoms with Crippen molar-refractivity contribution in [2.75, 3.05) is 32.7 Å². The van der Waals surface area contributed by atoms with Crippen LogP contribution in [0.25, 0.3) is 0 Å². The monoisotopic (exact) mass is 439 g/mol. The Labute approximate surface area is 179 Å². The average Bonchev–Trinajstić information content (AvgIpc) is 2.77. The summed E-state index contributed by atoms with van der Waals surface area (Å²) in [5, 5.41) is 3.01. The van der Waals surface area contributed by atoms with E-state index in [1.54, 1.807) is 0 Å². The molecule has 2 aliphatic rings. The van der Waals surface area contributed by atoms with Crippen molar-refractivity contribution < 1.29 is 17.6 Å². The molecule has 2 heterocycles. The lowest BCUT2D eigenvalue weighted by Crippen LogP contribution is -2.46. The molecule has 2 atom stereocenters. The van der Waals surface area contributed by atoms with Crippen LogP contribution in [0.3, 0.4) is 0 Å². The number of rotatable bonds is 8. The number of hydrogen-bond acceptors (Lipinski definition) is 4. The van der Waals surface area contributed by atoms with Crippen molar-refractivity contribution in [3.05, 3.63) is 30.1 Å². The molecular weight excluding hydrogens is 405 g/mol. The number of benzene rings is 1. The van der Waals surface area contributed by atoms with Crippen LogP contribution in [0.5, 0.6) is 0 Å². The maximum absolute atomic E-state index is 13.1. The van der Waals surface area contributed by atoms with Gasteiger partial charge in [-0.05, 0) is 69.3 Å². The van der Waals surface area contributed by atoms with E-state index in [0.29, 0.717) is 32.0 Å². The summed E-state index contributed by atoms with van der Waals surface area (Å²) in [6.07, 6.45) is 7.24. The number of nitrogens with one attached hydrogen (secondary N) is 1. The fourth-order valence-corrected chi connectivity index (χ4v) is 6.11. The molecule has 30 heavy (non-hydrogen) atoms. The third kappa shape index (κ3) is 5.80. The number of likely N-dealkylation sites (tertiary alicyclic amines) is 1. The summed E-state index contributed by atoms with van der Waals surface area (Å²) in [4.78, 5) is 15.2. The Morgan fingerprint density at radius 3 is 2.63 bits per heavy atom. The molecule has 2 fully saturated rings. The molecular formula is C22H34FN3O3S. The standard InChI is InChI=1S/C22H34FN3O3S/c1-2-20-8-3-4-14-25(20)15-6-13-24-22(27)18-7-5-16-26(17-18)30(28,29)21-11-9-19(23)10-12-21/h9-12,18,20H,2-8,13-17H2,1H3,(H,24,27)/t18-,20-/m1/s1. The van der Waals surface area contributed by atoms with E-state index in [0.717, 1.165) is 31.6 Å². The predicted octanol–water partition coefficient (Wildman–Crippen LogP) is 3.00. The smallest absolute Gasteiger partial charge is 0.243 e. The van der Waals surface area contributed by atoms with E-state index in [2.05, 4.69) is 17.1 Å². The quantitative estimate of drug-likeness (QED) is 0.632. The molecule has 0 radical (unpaired) electrons. The van der Waals surface area contributed by atoms with Crippen LogP contribution in [-0.2, 0) is 14.8 Å². The Morgan fingerprint density at radius 2 is 1.90 bits per heavy atom. The van der Waals surface area contributed by atoms with E-state index in [4.69, 9.17) is 0 Å². The summed E-state index contributed by atoms with van der Waals surface area (Å²) in [5.41, 5.74) is 0. The molecule has 2 saturated heterocycles. The number of sulfonamides is 1. The third-order valence-corrected chi connectivity index (χ3v) is 8.23. The molecule has 6 nitrogen and oxygen atoms in total. The van der Waals surface area contributed by atoms with E-state index < -0.39 is 15.8 Å². The molecule has 0 unspecified atom stereocenters. The van der Waals surface area contributed by atoms with Gasteiger partial charge in [-0.1, -0.05) is 13.3 Å². The third-order valence-electron chi connectivity index (χ3n) is 6.35. The summed E-state index contributed by atoms with van der Waals surface area (Å²) >= 11 is 0. The Bertz CT molecular complexity index is 800. The van der Waals surface area contributed by atoms with Gasteiger partial charge >= 0.3 is 0 Å². The lowest BCUT2D eigenvalue weighted by atomic mass is 9.98. The van der Waals surface area contributed by atoms with Gasteiger partial charge in [-0.15, -0.1) is 0 Å². The van der Waals surface area contributed by atoms with Crippen LogP contribution in [0, 0.1) is 11.7 Å². The summed E-state index contributed by atoms with van der Waals surface area (Å²) in [5.74, 6) is -0.883. The van der Waals surface area contributed by atoms with E-state index in [1.807, 2.05) is 0 Å². The lowest BCUT2D eigenvalue weighted by molar-refractivity contribution is -0.126. The number of halogens is 1. The van der Waals surface area contributed by atoms with Gasteiger partial charge < -0.3 is 10.2 Å². The van der Waals surface area contributed by atoms with Crippen LogP contribution < -0.4 is 5.32 Å². The predicted molar refractivity (Wildman–Crippen MR) is 115 cm³/mol. The summed E-state index contributed by atoms with van der Waals surface area (Å²) in [7, 11) is -3.71. The van der Waals surface area contributed by atoms with E-state index in [1.165, 1.54) is 42.1 Å². The fraction of sp³-hybridized carbons (Fsp3) is 0.682. The number of amides is 1. The minimum atomic E-state index is -3.71. The fourth-order valence-electron chi connectivity index (χ4n) is 4.59. The maximum atomic E-state index is 13.1. The van der Waals surface area contributed by atoms with Crippen LogP contribution >= 0.6 is 0 Å². The second kappa shape index (κ2) is 10.7. The van der Waals surface area contributed by atoms with Crippen molar-refractivity contribution in [2.24, 2.45) is 5.92 Å². The molecule has 3 rings (SSSR count). The van der Waals surface area contributed by atoms with Crippen LogP contribution in [0.15, 0.2) is 29.2 Å². The van der Waals surface area contributed by atoms with Gasteiger partial charge in [0.1, 0.15) is 5.82 Å². The first-order valence-corrected chi connectivity index (χ1v) is 12.6.